The van der Waals surface area contributed by atoms with Crippen molar-refractivity contribution < 1.29 is 13.2 Å². The van der Waals surface area contributed by atoms with Gasteiger partial charge >= 0.3 is 0 Å². The van der Waals surface area contributed by atoms with E-state index in [0.29, 0.717) is 16.8 Å². The van der Waals surface area contributed by atoms with Crippen LogP contribution >= 0.6 is 0 Å². The van der Waals surface area contributed by atoms with Gasteiger partial charge in [-0.05, 0) is 37.3 Å². The molecule has 2 aromatic rings. The van der Waals surface area contributed by atoms with Gasteiger partial charge in [0.05, 0.1) is 22.2 Å². The van der Waals surface area contributed by atoms with Crippen LogP contribution in [0.4, 0.5) is 5.69 Å². The first-order valence-corrected chi connectivity index (χ1v) is 7.55. The molecule has 0 aliphatic heterocycles. The Labute approximate surface area is 122 Å². The molecule has 0 atom stereocenters. The van der Waals surface area contributed by atoms with E-state index in [1.54, 1.807) is 24.3 Å². The van der Waals surface area contributed by atoms with Gasteiger partial charge in [0.15, 0.2) is 5.78 Å². The molecule has 1 N–H and O–H groups in total. The summed E-state index contributed by atoms with van der Waals surface area (Å²) >= 11 is 0. The van der Waals surface area contributed by atoms with Crippen LogP contribution in [0.25, 0.3) is 0 Å². The van der Waals surface area contributed by atoms with Crippen LogP contribution < -0.4 is 4.72 Å². The summed E-state index contributed by atoms with van der Waals surface area (Å²) in [6.45, 7) is 1.37. The van der Waals surface area contributed by atoms with Gasteiger partial charge in [-0.25, -0.2) is 8.42 Å². The number of carbonyl (C=O) groups is 1. The molecule has 106 valence electrons. The number of Topliss-reactive ketones (excluding diaryl/α,β-unsaturated/α-hetero) is 1. The van der Waals surface area contributed by atoms with Crippen LogP contribution in [0.2, 0.25) is 0 Å². The van der Waals surface area contributed by atoms with Gasteiger partial charge < -0.3 is 0 Å². The molecule has 0 heterocycles. The highest BCUT2D eigenvalue weighted by Crippen LogP contribution is 2.18. The normalized spacial score (nSPS) is 10.7. The number of benzene rings is 2. The fourth-order valence-electron chi connectivity index (χ4n) is 1.75. The monoisotopic (exact) mass is 300 g/mol. The maximum atomic E-state index is 12.3. The highest BCUT2D eigenvalue weighted by molar-refractivity contribution is 7.92. The predicted octanol–water partition coefficient (Wildman–Crippen LogP) is 2.56. The molecule has 5 nitrogen and oxygen atoms in total. The standard InChI is InChI=1S/C15H12N2O3S/c1-11(18)13-5-3-7-15(9-13)21(19,20)17-14-6-2-4-12(8-14)10-16/h2-9,17H,1H3. The molecule has 0 unspecified atom stereocenters. The first kappa shape index (κ1) is 14.8. The second-order valence-electron chi connectivity index (χ2n) is 4.38. The summed E-state index contributed by atoms with van der Waals surface area (Å²) in [7, 11) is -3.81. The molecule has 2 rings (SSSR count). The molecule has 0 fully saturated rings. The molecule has 2 aromatic carbocycles. The highest BCUT2D eigenvalue weighted by Gasteiger charge is 2.15. The van der Waals surface area contributed by atoms with Crippen LogP contribution in [0.15, 0.2) is 53.4 Å². The first-order chi connectivity index (χ1) is 9.92. The van der Waals surface area contributed by atoms with E-state index in [2.05, 4.69) is 4.72 Å². The average Bonchev–Trinajstić information content (AvgIpc) is 2.47. The van der Waals surface area contributed by atoms with Crippen molar-refractivity contribution in [3.05, 3.63) is 59.7 Å². The van der Waals surface area contributed by atoms with E-state index in [1.807, 2.05) is 6.07 Å². The molecule has 6 heteroatoms. The molecule has 0 aliphatic carbocycles. The minimum absolute atomic E-state index is 0.00226. The van der Waals surface area contributed by atoms with E-state index in [-0.39, 0.29) is 10.7 Å². The molecule has 0 saturated carbocycles. The Balaban J connectivity index is 2.36. The van der Waals surface area contributed by atoms with E-state index >= 15 is 0 Å². The Morgan fingerprint density at radius 2 is 1.86 bits per heavy atom. The third-order valence-electron chi connectivity index (χ3n) is 2.79. The van der Waals surface area contributed by atoms with E-state index in [1.165, 1.54) is 31.2 Å². The van der Waals surface area contributed by atoms with Crippen molar-refractivity contribution in [2.75, 3.05) is 4.72 Å². The number of hydrogen-bond acceptors (Lipinski definition) is 4. The molecule has 0 radical (unpaired) electrons. The lowest BCUT2D eigenvalue weighted by atomic mass is 10.2. The zero-order valence-corrected chi connectivity index (χ0v) is 12.0. The molecule has 0 amide bonds. The predicted molar refractivity (Wildman–Crippen MR) is 78.4 cm³/mol. The van der Waals surface area contributed by atoms with Crippen LogP contribution in [0, 0.1) is 11.3 Å². The molecule has 0 spiro atoms. The maximum Gasteiger partial charge on any atom is 0.261 e. The van der Waals surface area contributed by atoms with Gasteiger partial charge in [-0.1, -0.05) is 18.2 Å². The topological polar surface area (TPSA) is 87.0 Å². The number of anilines is 1. The molecule has 0 saturated heterocycles. The fraction of sp³-hybridized carbons (Fsp3) is 0.0667. The summed E-state index contributed by atoms with van der Waals surface area (Å²) in [6, 6.07) is 13.9. The summed E-state index contributed by atoms with van der Waals surface area (Å²) in [5.74, 6) is -0.210. The van der Waals surface area contributed by atoms with Crippen molar-refractivity contribution in [1.82, 2.24) is 0 Å². The van der Waals surface area contributed by atoms with Crippen LogP contribution in [-0.4, -0.2) is 14.2 Å². The number of carbonyl (C=O) groups excluding carboxylic acids is 1. The third kappa shape index (κ3) is 3.46. The largest absolute Gasteiger partial charge is 0.295 e. The Morgan fingerprint density at radius 1 is 1.14 bits per heavy atom. The first-order valence-electron chi connectivity index (χ1n) is 6.06. The molecule has 0 bridgehead atoms. The molecule has 21 heavy (non-hydrogen) atoms. The molecular formula is C15H12N2O3S. The van der Waals surface area contributed by atoms with Gasteiger partial charge in [-0.2, -0.15) is 5.26 Å². The lowest BCUT2D eigenvalue weighted by Gasteiger charge is -2.09. The Kier molecular flexibility index (Phi) is 4.05. The van der Waals surface area contributed by atoms with E-state index in [0.717, 1.165) is 0 Å². The Hall–Kier alpha value is -2.65. The Bertz CT molecular complexity index is 836. The number of hydrogen-bond donors (Lipinski definition) is 1. The number of rotatable bonds is 4. The van der Waals surface area contributed by atoms with Crippen molar-refractivity contribution in [1.29, 1.82) is 5.26 Å². The quantitative estimate of drug-likeness (QED) is 0.879. The lowest BCUT2D eigenvalue weighted by Crippen LogP contribution is -2.13. The molecular weight excluding hydrogens is 288 g/mol. The summed E-state index contributed by atoms with van der Waals surface area (Å²) in [4.78, 5) is 11.3. The van der Waals surface area contributed by atoms with Gasteiger partial charge in [0.25, 0.3) is 10.0 Å². The van der Waals surface area contributed by atoms with Crippen molar-refractivity contribution in [3.63, 3.8) is 0 Å². The minimum Gasteiger partial charge on any atom is -0.295 e. The van der Waals surface area contributed by atoms with Crippen LogP contribution in [0.1, 0.15) is 22.8 Å². The van der Waals surface area contributed by atoms with E-state index in [9.17, 15) is 13.2 Å². The van der Waals surface area contributed by atoms with E-state index < -0.39 is 10.0 Å². The van der Waals surface area contributed by atoms with Crippen molar-refractivity contribution in [3.8, 4) is 6.07 Å². The van der Waals surface area contributed by atoms with Crippen LogP contribution in [0.3, 0.4) is 0 Å². The third-order valence-corrected chi connectivity index (χ3v) is 4.17. The van der Waals surface area contributed by atoms with Crippen LogP contribution in [-0.2, 0) is 10.0 Å². The second-order valence-corrected chi connectivity index (χ2v) is 6.06. The summed E-state index contributed by atoms with van der Waals surface area (Å²) < 4.78 is 26.9. The van der Waals surface area contributed by atoms with Crippen molar-refractivity contribution >= 4 is 21.5 Å². The summed E-state index contributed by atoms with van der Waals surface area (Å²) in [5.41, 5.74) is 0.971. The Morgan fingerprint density at radius 3 is 2.52 bits per heavy atom. The molecule has 0 aliphatic rings. The van der Waals surface area contributed by atoms with Gasteiger partial charge in [-0.15, -0.1) is 0 Å². The van der Waals surface area contributed by atoms with E-state index in [4.69, 9.17) is 5.26 Å². The van der Waals surface area contributed by atoms with Crippen LogP contribution in [0.5, 0.6) is 0 Å². The van der Waals surface area contributed by atoms with Gasteiger partial charge in [0.2, 0.25) is 0 Å². The number of nitrogens with one attached hydrogen (secondary N) is 1. The minimum atomic E-state index is -3.81. The zero-order chi connectivity index (χ0) is 15.5. The maximum absolute atomic E-state index is 12.3. The SMILES string of the molecule is CC(=O)c1cccc(S(=O)(=O)Nc2cccc(C#N)c2)c1. The smallest absolute Gasteiger partial charge is 0.261 e. The summed E-state index contributed by atoms with van der Waals surface area (Å²) in [5, 5.41) is 8.81. The number of nitriles is 1. The summed E-state index contributed by atoms with van der Waals surface area (Å²) in [6.07, 6.45) is 0. The fourth-order valence-corrected chi connectivity index (χ4v) is 2.84. The average molecular weight is 300 g/mol. The lowest BCUT2D eigenvalue weighted by molar-refractivity contribution is 0.101. The van der Waals surface area contributed by atoms with Gasteiger partial charge in [0, 0.05) is 5.56 Å². The molecule has 0 aromatic heterocycles. The van der Waals surface area contributed by atoms with Gasteiger partial charge in [0.1, 0.15) is 0 Å². The van der Waals surface area contributed by atoms with Gasteiger partial charge in [-0.3, -0.25) is 9.52 Å². The van der Waals surface area contributed by atoms with Crippen molar-refractivity contribution in [2.45, 2.75) is 11.8 Å². The number of sulfonamides is 1. The number of nitrogens with zero attached hydrogens (tertiary/aromatic N) is 1. The zero-order valence-electron chi connectivity index (χ0n) is 11.2. The highest BCUT2D eigenvalue weighted by atomic mass is 32.2. The second kappa shape index (κ2) is 5.77. The van der Waals surface area contributed by atoms with Crippen molar-refractivity contribution in [2.24, 2.45) is 0 Å². The number of ketones is 1.